The van der Waals surface area contributed by atoms with Crippen molar-refractivity contribution in [1.29, 1.82) is 0 Å². The first-order valence-corrected chi connectivity index (χ1v) is 17.0. The number of nitrogens with zero attached hydrogens (tertiary/aromatic N) is 2. The van der Waals surface area contributed by atoms with Crippen LogP contribution in [0.2, 0.25) is 0 Å². The molecular formula is C39H36N2O8S. The minimum atomic E-state index is -1.01. The van der Waals surface area contributed by atoms with E-state index in [1.165, 1.54) is 24.5 Å². The third-order valence-electron chi connectivity index (χ3n) is 8.37. The van der Waals surface area contributed by atoms with Gasteiger partial charge in [-0.25, -0.2) is 14.6 Å². The number of carboxylic acids is 1. The highest BCUT2D eigenvalue weighted by Crippen LogP contribution is 2.41. The topological polar surface area (TPSA) is 126 Å². The van der Waals surface area contributed by atoms with Crippen LogP contribution in [0.4, 0.5) is 0 Å². The molecule has 4 aromatic carbocycles. The summed E-state index contributed by atoms with van der Waals surface area (Å²) in [4.78, 5) is 44.9. The fourth-order valence-electron chi connectivity index (χ4n) is 6.13. The van der Waals surface area contributed by atoms with Gasteiger partial charge < -0.3 is 24.1 Å². The van der Waals surface area contributed by atoms with Crippen LogP contribution in [0.5, 0.6) is 17.2 Å². The summed E-state index contributed by atoms with van der Waals surface area (Å²) in [7, 11) is 3.10. The number of allylic oxidation sites excluding steroid dienone is 1. The number of hydrogen-bond donors (Lipinski definition) is 1. The number of rotatable bonds is 12. The van der Waals surface area contributed by atoms with E-state index in [9.17, 15) is 19.5 Å². The second-order valence-electron chi connectivity index (χ2n) is 11.5. The molecule has 2 heterocycles. The van der Waals surface area contributed by atoms with Crippen molar-refractivity contribution in [3.63, 3.8) is 0 Å². The maximum Gasteiger partial charge on any atom is 0.338 e. The Labute approximate surface area is 292 Å². The number of methoxy groups -OCH3 is 2. The van der Waals surface area contributed by atoms with Crippen molar-refractivity contribution in [2.45, 2.75) is 39.3 Å². The number of carbonyl (C=O) groups is 2. The van der Waals surface area contributed by atoms with Crippen molar-refractivity contribution in [2.75, 3.05) is 20.8 Å². The molecule has 50 heavy (non-hydrogen) atoms. The van der Waals surface area contributed by atoms with E-state index in [-0.39, 0.29) is 24.3 Å². The van der Waals surface area contributed by atoms with E-state index in [0.29, 0.717) is 61.0 Å². The first-order chi connectivity index (χ1) is 24.3. The van der Waals surface area contributed by atoms with E-state index in [4.69, 9.17) is 23.9 Å². The monoisotopic (exact) mass is 692 g/mol. The summed E-state index contributed by atoms with van der Waals surface area (Å²) < 4.78 is 25.0. The SMILES string of the molecule is CCCC1=C(C(=O)OCC)[C@@H](c2c(OC)ccc3ccccc23)n2c(s/c(=C\c3ccc(OCc4cccc(C(=O)O)c4)c(OC)c3)c2=O)=N1. The normalized spacial score (nSPS) is 14.2. The van der Waals surface area contributed by atoms with Gasteiger partial charge in [-0.05, 0) is 71.7 Å². The fraction of sp³-hybridized carbons (Fsp3) is 0.231. The Morgan fingerprint density at radius 1 is 0.940 bits per heavy atom. The van der Waals surface area contributed by atoms with Crippen LogP contribution in [0.3, 0.4) is 0 Å². The molecular weight excluding hydrogens is 657 g/mol. The minimum Gasteiger partial charge on any atom is -0.496 e. The first-order valence-electron chi connectivity index (χ1n) is 16.2. The van der Waals surface area contributed by atoms with E-state index in [1.54, 1.807) is 55.0 Å². The van der Waals surface area contributed by atoms with E-state index >= 15 is 0 Å². The molecule has 5 aromatic rings. The molecule has 10 nitrogen and oxygen atoms in total. The van der Waals surface area contributed by atoms with Gasteiger partial charge in [0.2, 0.25) is 0 Å². The third-order valence-corrected chi connectivity index (χ3v) is 9.35. The summed E-state index contributed by atoms with van der Waals surface area (Å²) in [6.45, 7) is 4.07. The Balaban J connectivity index is 1.47. The molecule has 1 aromatic heterocycles. The number of fused-ring (bicyclic) bond motifs is 2. The second-order valence-corrected chi connectivity index (χ2v) is 12.5. The highest BCUT2D eigenvalue weighted by Gasteiger charge is 2.37. The van der Waals surface area contributed by atoms with Crippen LogP contribution in [-0.4, -0.2) is 42.4 Å². The molecule has 0 radical (unpaired) electrons. The lowest BCUT2D eigenvalue weighted by Gasteiger charge is -2.28. The summed E-state index contributed by atoms with van der Waals surface area (Å²) >= 11 is 1.24. The van der Waals surface area contributed by atoms with Crippen molar-refractivity contribution in [3.05, 3.63) is 132 Å². The van der Waals surface area contributed by atoms with Crippen molar-refractivity contribution in [3.8, 4) is 17.2 Å². The zero-order valence-corrected chi connectivity index (χ0v) is 28.9. The lowest BCUT2D eigenvalue weighted by molar-refractivity contribution is -0.139. The first kappa shape index (κ1) is 34.2. The Kier molecular flexibility index (Phi) is 10.1. The number of hydrogen-bond acceptors (Lipinski definition) is 9. The molecule has 0 saturated carbocycles. The van der Waals surface area contributed by atoms with Gasteiger partial charge in [0.25, 0.3) is 5.56 Å². The van der Waals surface area contributed by atoms with Gasteiger partial charge in [-0.3, -0.25) is 9.36 Å². The molecule has 0 unspecified atom stereocenters. The van der Waals surface area contributed by atoms with Crippen LogP contribution in [0.1, 0.15) is 59.8 Å². The Morgan fingerprint density at radius 2 is 1.72 bits per heavy atom. The molecule has 1 atom stereocenters. The molecule has 0 spiro atoms. The van der Waals surface area contributed by atoms with Gasteiger partial charge in [-0.1, -0.05) is 73.2 Å². The molecule has 0 fully saturated rings. The summed E-state index contributed by atoms with van der Waals surface area (Å²) in [5.74, 6) is -0.102. The quantitative estimate of drug-likeness (QED) is 0.157. The van der Waals surface area contributed by atoms with Crippen molar-refractivity contribution in [2.24, 2.45) is 4.99 Å². The van der Waals surface area contributed by atoms with Crippen molar-refractivity contribution >= 4 is 40.1 Å². The fourth-order valence-corrected chi connectivity index (χ4v) is 7.15. The van der Waals surface area contributed by atoms with Gasteiger partial charge in [-0.2, -0.15) is 0 Å². The smallest absolute Gasteiger partial charge is 0.338 e. The number of esters is 1. The van der Waals surface area contributed by atoms with Crippen LogP contribution < -0.4 is 29.1 Å². The number of benzene rings is 4. The lowest BCUT2D eigenvalue weighted by Crippen LogP contribution is -2.40. The van der Waals surface area contributed by atoms with Crippen LogP contribution >= 0.6 is 11.3 Å². The number of aromatic carboxylic acids is 1. The molecule has 0 aliphatic carbocycles. The molecule has 0 bridgehead atoms. The molecule has 0 saturated heterocycles. The summed E-state index contributed by atoms with van der Waals surface area (Å²) in [6, 6.07) is 22.6. The number of ether oxygens (including phenoxy) is 4. The van der Waals surface area contributed by atoms with Crippen LogP contribution in [-0.2, 0) is 16.1 Å². The number of carboxylic acid groups (broad SMARTS) is 1. The maximum atomic E-state index is 14.5. The standard InChI is InChI=1S/C39H36N2O8S/c1-5-10-28-34(38(45)48-6-2)35(33-27-14-8-7-12-25(27)16-18-30(33)46-3)41-36(42)32(50-39(41)40-28)21-23-15-17-29(31(20-23)47-4)49-22-24-11-9-13-26(19-24)37(43)44/h7-9,11-21,35H,5-6,10,22H2,1-4H3,(H,43,44)/b32-21-/t35-/m1/s1. The zero-order chi connectivity index (χ0) is 35.4. The van der Waals surface area contributed by atoms with Crippen LogP contribution in [0.25, 0.3) is 16.8 Å². The molecule has 11 heteroatoms. The number of aromatic nitrogens is 1. The van der Waals surface area contributed by atoms with Crippen LogP contribution in [0.15, 0.2) is 99.9 Å². The summed E-state index contributed by atoms with van der Waals surface area (Å²) in [5.41, 5.74) is 2.82. The second kappa shape index (κ2) is 14.8. The number of carbonyl (C=O) groups excluding carboxylic acids is 1. The third kappa shape index (κ3) is 6.64. The molecule has 1 aliphatic heterocycles. The van der Waals surface area contributed by atoms with Crippen molar-refractivity contribution in [1.82, 2.24) is 4.57 Å². The van der Waals surface area contributed by atoms with E-state index < -0.39 is 18.0 Å². The van der Waals surface area contributed by atoms with E-state index in [0.717, 1.165) is 17.2 Å². The van der Waals surface area contributed by atoms with Gasteiger partial charge >= 0.3 is 11.9 Å². The molecule has 256 valence electrons. The molecule has 6 rings (SSSR count). The predicted molar refractivity (Wildman–Crippen MR) is 191 cm³/mol. The lowest BCUT2D eigenvalue weighted by atomic mass is 9.90. The summed E-state index contributed by atoms with van der Waals surface area (Å²) in [6.07, 6.45) is 3.01. The maximum absolute atomic E-state index is 14.5. The van der Waals surface area contributed by atoms with E-state index in [2.05, 4.69) is 0 Å². The van der Waals surface area contributed by atoms with Gasteiger partial charge in [0.15, 0.2) is 16.3 Å². The molecule has 1 aliphatic rings. The molecule has 1 N–H and O–H groups in total. The van der Waals surface area contributed by atoms with Gasteiger partial charge in [0.05, 0.1) is 42.2 Å². The Morgan fingerprint density at radius 3 is 2.46 bits per heavy atom. The van der Waals surface area contributed by atoms with E-state index in [1.807, 2.05) is 49.4 Å². The van der Waals surface area contributed by atoms with Gasteiger partial charge in [0.1, 0.15) is 18.4 Å². The Bertz CT molecular complexity index is 2320. The number of thiazole rings is 1. The minimum absolute atomic E-state index is 0.135. The highest BCUT2D eigenvalue weighted by molar-refractivity contribution is 7.07. The van der Waals surface area contributed by atoms with Crippen LogP contribution in [0, 0.1) is 0 Å². The average Bonchev–Trinajstić information content (AvgIpc) is 3.43. The summed E-state index contributed by atoms with van der Waals surface area (Å²) in [5, 5.41) is 11.1. The molecule has 0 amide bonds. The van der Waals surface area contributed by atoms with Gasteiger partial charge in [0, 0.05) is 5.56 Å². The zero-order valence-electron chi connectivity index (χ0n) is 28.1. The predicted octanol–water partition coefficient (Wildman–Crippen LogP) is 6.03. The largest absolute Gasteiger partial charge is 0.496 e. The van der Waals surface area contributed by atoms with Crippen molar-refractivity contribution < 1.29 is 33.6 Å². The highest BCUT2D eigenvalue weighted by atomic mass is 32.1. The average molecular weight is 693 g/mol. The van der Waals surface area contributed by atoms with Gasteiger partial charge in [-0.15, -0.1) is 0 Å². The Hall–Kier alpha value is -5.68.